The zero-order valence-electron chi connectivity index (χ0n) is 21.5. The van der Waals surface area contributed by atoms with Crippen molar-refractivity contribution in [2.45, 2.75) is 19.5 Å². The first-order valence-electron chi connectivity index (χ1n) is 11.8. The number of nitrogens with zero attached hydrogens (tertiary/aromatic N) is 2. The SMILES string of the molecule is COc1cc(OC)c(NC(=O)Cn2c(=O)n(CC(=O)Cc3ccccc3OC)c(=O)c3ccccc32)cc1Cl. The molecule has 0 spiro atoms. The summed E-state index contributed by atoms with van der Waals surface area (Å²) in [5, 5.41) is 3.13. The molecular weight excluding hydrogens is 526 g/mol. The number of anilines is 1. The number of benzene rings is 3. The second-order valence-electron chi connectivity index (χ2n) is 8.54. The Morgan fingerprint density at radius 2 is 1.49 bits per heavy atom. The van der Waals surface area contributed by atoms with Crippen molar-refractivity contribution in [3.05, 3.63) is 92.1 Å². The molecule has 0 aliphatic rings. The molecule has 0 aliphatic heterocycles. The van der Waals surface area contributed by atoms with Gasteiger partial charge in [-0.3, -0.25) is 23.5 Å². The van der Waals surface area contributed by atoms with E-state index in [1.807, 2.05) is 0 Å². The summed E-state index contributed by atoms with van der Waals surface area (Å²) in [6.45, 7) is -0.906. The zero-order valence-corrected chi connectivity index (χ0v) is 22.3. The lowest BCUT2D eigenvalue weighted by molar-refractivity contribution is -0.119. The lowest BCUT2D eigenvalue weighted by Crippen LogP contribution is -2.43. The number of aromatic nitrogens is 2. The van der Waals surface area contributed by atoms with Crippen LogP contribution in [0, 0.1) is 0 Å². The molecule has 0 fully saturated rings. The number of hydrogen-bond donors (Lipinski definition) is 1. The van der Waals surface area contributed by atoms with E-state index in [2.05, 4.69) is 5.32 Å². The first-order valence-corrected chi connectivity index (χ1v) is 12.2. The summed E-state index contributed by atoms with van der Waals surface area (Å²) in [5.74, 6) is 0.238. The molecule has 0 radical (unpaired) electrons. The maximum absolute atomic E-state index is 13.5. The first-order chi connectivity index (χ1) is 18.8. The van der Waals surface area contributed by atoms with Crippen molar-refractivity contribution < 1.29 is 23.8 Å². The van der Waals surface area contributed by atoms with Crippen LogP contribution >= 0.6 is 11.6 Å². The topological polar surface area (TPSA) is 118 Å². The third-order valence-corrected chi connectivity index (χ3v) is 6.39. The Morgan fingerprint density at radius 1 is 0.821 bits per heavy atom. The van der Waals surface area contributed by atoms with E-state index in [-0.39, 0.29) is 33.8 Å². The number of carbonyl (C=O) groups excluding carboxylic acids is 2. The molecule has 1 N–H and O–H groups in total. The van der Waals surface area contributed by atoms with Crippen LogP contribution in [0.3, 0.4) is 0 Å². The first kappa shape index (κ1) is 27.5. The minimum Gasteiger partial charge on any atom is -0.496 e. The Bertz CT molecular complexity index is 1680. The van der Waals surface area contributed by atoms with Crippen molar-refractivity contribution in [1.29, 1.82) is 0 Å². The van der Waals surface area contributed by atoms with Gasteiger partial charge in [0.15, 0.2) is 5.78 Å². The average molecular weight is 552 g/mol. The number of rotatable bonds is 10. The molecule has 4 aromatic rings. The highest BCUT2D eigenvalue weighted by Crippen LogP contribution is 2.35. The number of nitrogens with one attached hydrogen (secondary N) is 1. The fourth-order valence-corrected chi connectivity index (χ4v) is 4.49. The molecule has 1 amide bonds. The number of halogens is 1. The van der Waals surface area contributed by atoms with Crippen molar-refractivity contribution in [3.63, 3.8) is 0 Å². The molecular formula is C28H26ClN3O7. The third kappa shape index (κ3) is 5.80. The number of para-hydroxylation sites is 2. The fraction of sp³-hybridized carbons (Fsp3) is 0.214. The molecule has 39 heavy (non-hydrogen) atoms. The van der Waals surface area contributed by atoms with E-state index < -0.39 is 30.2 Å². The van der Waals surface area contributed by atoms with Gasteiger partial charge in [-0.1, -0.05) is 41.9 Å². The highest BCUT2D eigenvalue weighted by atomic mass is 35.5. The number of ketones is 1. The van der Waals surface area contributed by atoms with Crippen molar-refractivity contribution in [1.82, 2.24) is 9.13 Å². The van der Waals surface area contributed by atoms with Gasteiger partial charge in [-0.2, -0.15) is 0 Å². The quantitative estimate of drug-likeness (QED) is 0.321. The monoisotopic (exact) mass is 551 g/mol. The van der Waals surface area contributed by atoms with E-state index in [9.17, 15) is 19.2 Å². The van der Waals surface area contributed by atoms with Gasteiger partial charge < -0.3 is 19.5 Å². The van der Waals surface area contributed by atoms with Crippen LogP contribution < -0.4 is 30.8 Å². The van der Waals surface area contributed by atoms with Crippen LogP contribution in [0.25, 0.3) is 10.9 Å². The molecule has 0 saturated heterocycles. The number of Topliss-reactive ketones (excluding diaryl/α,β-unsaturated/α-hetero) is 1. The van der Waals surface area contributed by atoms with Gasteiger partial charge in [-0.25, -0.2) is 4.79 Å². The Morgan fingerprint density at radius 3 is 2.21 bits per heavy atom. The second kappa shape index (κ2) is 11.9. The Balaban J connectivity index is 1.67. The van der Waals surface area contributed by atoms with Crippen LogP contribution in [-0.4, -0.2) is 42.2 Å². The highest BCUT2D eigenvalue weighted by Gasteiger charge is 2.19. The van der Waals surface area contributed by atoms with Gasteiger partial charge in [0.2, 0.25) is 5.91 Å². The lowest BCUT2D eigenvalue weighted by Gasteiger charge is -2.16. The molecule has 0 saturated carbocycles. The molecule has 4 rings (SSSR count). The minimum absolute atomic E-state index is 0.0404. The summed E-state index contributed by atoms with van der Waals surface area (Å²) < 4.78 is 17.8. The molecule has 202 valence electrons. The van der Waals surface area contributed by atoms with Gasteiger partial charge >= 0.3 is 5.69 Å². The van der Waals surface area contributed by atoms with E-state index in [0.717, 1.165) is 9.13 Å². The number of fused-ring (bicyclic) bond motifs is 1. The van der Waals surface area contributed by atoms with Crippen LogP contribution in [-0.2, 0) is 29.1 Å². The Kier molecular flexibility index (Phi) is 8.36. The predicted octanol–water partition coefficient (Wildman–Crippen LogP) is 3.29. The number of amides is 1. The van der Waals surface area contributed by atoms with Crippen LogP contribution in [0.15, 0.2) is 70.3 Å². The van der Waals surface area contributed by atoms with Crippen molar-refractivity contribution in [3.8, 4) is 17.2 Å². The van der Waals surface area contributed by atoms with E-state index in [1.54, 1.807) is 48.5 Å². The summed E-state index contributed by atoms with van der Waals surface area (Å²) >= 11 is 6.20. The van der Waals surface area contributed by atoms with Gasteiger partial charge in [0.05, 0.1) is 49.5 Å². The maximum Gasteiger partial charge on any atom is 0.332 e. The summed E-state index contributed by atoms with van der Waals surface area (Å²) in [7, 11) is 4.37. The number of methoxy groups -OCH3 is 3. The maximum atomic E-state index is 13.5. The molecule has 0 aliphatic carbocycles. The second-order valence-corrected chi connectivity index (χ2v) is 8.95. The van der Waals surface area contributed by atoms with Crippen molar-refractivity contribution in [2.24, 2.45) is 0 Å². The van der Waals surface area contributed by atoms with Gasteiger partial charge in [0.1, 0.15) is 23.8 Å². The Labute approximate surface area is 228 Å². The van der Waals surface area contributed by atoms with Crippen LogP contribution in [0.4, 0.5) is 5.69 Å². The molecule has 0 bridgehead atoms. The largest absolute Gasteiger partial charge is 0.496 e. The summed E-state index contributed by atoms with van der Waals surface area (Å²) in [6, 6.07) is 16.4. The molecule has 3 aromatic carbocycles. The predicted molar refractivity (Wildman–Crippen MR) is 147 cm³/mol. The summed E-state index contributed by atoms with van der Waals surface area (Å²) in [5.41, 5.74) is -0.251. The van der Waals surface area contributed by atoms with Crippen LogP contribution in [0.2, 0.25) is 5.02 Å². The number of carbonyl (C=O) groups is 2. The molecule has 0 unspecified atom stereocenters. The van der Waals surface area contributed by atoms with E-state index in [4.69, 9.17) is 25.8 Å². The van der Waals surface area contributed by atoms with E-state index in [1.165, 1.54) is 33.5 Å². The smallest absolute Gasteiger partial charge is 0.332 e. The summed E-state index contributed by atoms with van der Waals surface area (Å²) in [4.78, 5) is 52.7. The lowest BCUT2D eigenvalue weighted by atomic mass is 10.1. The minimum atomic E-state index is -0.790. The average Bonchev–Trinajstić information content (AvgIpc) is 2.94. The fourth-order valence-electron chi connectivity index (χ4n) is 4.25. The number of ether oxygens (including phenoxy) is 3. The van der Waals surface area contributed by atoms with Gasteiger partial charge in [-0.15, -0.1) is 0 Å². The van der Waals surface area contributed by atoms with Crippen molar-refractivity contribution in [2.75, 3.05) is 26.6 Å². The standard InChI is InChI=1S/C28H26ClN3O7/c1-37-23-11-7-4-8-17(23)12-18(33)15-32-27(35)19-9-5-6-10-22(19)31(28(32)36)16-26(34)30-21-13-20(29)24(38-2)14-25(21)39-3/h4-11,13-14H,12,15-16H2,1-3H3,(H,30,34). The van der Waals surface area contributed by atoms with E-state index in [0.29, 0.717) is 22.8 Å². The van der Waals surface area contributed by atoms with Crippen LogP contribution in [0.5, 0.6) is 17.2 Å². The number of hydrogen-bond acceptors (Lipinski definition) is 7. The zero-order chi connectivity index (χ0) is 28.1. The van der Waals surface area contributed by atoms with Gasteiger partial charge in [0.25, 0.3) is 5.56 Å². The van der Waals surface area contributed by atoms with E-state index >= 15 is 0 Å². The molecule has 11 heteroatoms. The normalized spacial score (nSPS) is 10.8. The van der Waals surface area contributed by atoms with Gasteiger partial charge in [-0.05, 0) is 24.3 Å². The molecule has 10 nitrogen and oxygen atoms in total. The van der Waals surface area contributed by atoms with Crippen molar-refractivity contribution >= 4 is 39.9 Å². The molecule has 0 atom stereocenters. The molecule has 1 aromatic heterocycles. The highest BCUT2D eigenvalue weighted by molar-refractivity contribution is 6.32. The van der Waals surface area contributed by atoms with Crippen LogP contribution in [0.1, 0.15) is 5.56 Å². The third-order valence-electron chi connectivity index (χ3n) is 6.10. The van der Waals surface area contributed by atoms with Gasteiger partial charge in [0, 0.05) is 18.1 Å². The summed E-state index contributed by atoms with van der Waals surface area (Å²) in [6.07, 6.45) is -0.0404. The molecule has 1 heterocycles. The Hall–Kier alpha value is -4.57.